The number of amides is 1. The number of rotatable bonds is 3. The van der Waals surface area contributed by atoms with E-state index in [1.54, 1.807) is 0 Å². The highest BCUT2D eigenvalue weighted by atomic mass is 35.5. The van der Waals surface area contributed by atoms with Gasteiger partial charge in [0.2, 0.25) is 5.91 Å². The first-order chi connectivity index (χ1) is 12.9. The van der Waals surface area contributed by atoms with Gasteiger partial charge in [-0.2, -0.15) is 0 Å². The van der Waals surface area contributed by atoms with Crippen molar-refractivity contribution >= 4 is 17.5 Å². The fourth-order valence-electron chi connectivity index (χ4n) is 7.11. The molecular formula is C23H30ClNO2. The molecule has 0 aromatic heterocycles. The number of halogens is 1. The summed E-state index contributed by atoms with van der Waals surface area (Å²) >= 11 is 5.97. The summed E-state index contributed by atoms with van der Waals surface area (Å²) in [6.07, 6.45) is 10.1. The number of carbonyl (C=O) groups is 1. The van der Waals surface area contributed by atoms with Crippen molar-refractivity contribution in [1.29, 1.82) is 0 Å². The van der Waals surface area contributed by atoms with Crippen LogP contribution >= 0.6 is 11.6 Å². The van der Waals surface area contributed by atoms with Crippen molar-refractivity contribution in [3.63, 3.8) is 0 Å². The highest BCUT2D eigenvalue weighted by Crippen LogP contribution is 2.61. The molecule has 146 valence electrons. The molecule has 1 saturated heterocycles. The molecule has 0 radical (unpaired) electrons. The summed E-state index contributed by atoms with van der Waals surface area (Å²) in [5.74, 6) is 3.00. The second-order valence-electron chi connectivity index (χ2n) is 10.0. The Balaban J connectivity index is 1.22. The molecule has 4 heteroatoms. The molecule has 4 aliphatic carbocycles. The van der Waals surface area contributed by atoms with E-state index in [2.05, 4.69) is 0 Å². The van der Waals surface area contributed by atoms with Gasteiger partial charge in [0, 0.05) is 24.5 Å². The van der Waals surface area contributed by atoms with E-state index in [9.17, 15) is 9.90 Å². The molecular weight excluding hydrogens is 358 g/mol. The first-order valence-electron chi connectivity index (χ1n) is 10.7. The quantitative estimate of drug-likeness (QED) is 0.812. The van der Waals surface area contributed by atoms with Crippen molar-refractivity contribution in [3.8, 4) is 0 Å². The predicted octanol–water partition coefficient (Wildman–Crippen LogP) is 4.76. The lowest BCUT2D eigenvalue weighted by molar-refractivity contribution is -0.143. The fraction of sp³-hybridized carbons (Fsp3) is 0.696. The van der Waals surface area contributed by atoms with Crippen LogP contribution in [0, 0.1) is 23.2 Å². The van der Waals surface area contributed by atoms with Crippen LogP contribution in [0.1, 0.15) is 63.4 Å². The van der Waals surface area contributed by atoms with Gasteiger partial charge < -0.3 is 10.0 Å². The molecule has 6 rings (SSSR count). The maximum atomic E-state index is 13.1. The molecule has 5 fully saturated rings. The van der Waals surface area contributed by atoms with Gasteiger partial charge in [-0.25, -0.2) is 0 Å². The molecule has 0 unspecified atom stereocenters. The van der Waals surface area contributed by atoms with Gasteiger partial charge in [0.25, 0.3) is 0 Å². The summed E-state index contributed by atoms with van der Waals surface area (Å²) in [5.41, 5.74) is 0.387. The lowest BCUT2D eigenvalue weighted by Crippen LogP contribution is -2.50. The largest absolute Gasteiger partial charge is 0.385 e. The SMILES string of the molecule is O=C(CC12CC3CC(CC(C3)C1)C2)N1CCC(O)(c2ccc(Cl)cc2)CC1. The van der Waals surface area contributed by atoms with Gasteiger partial charge in [-0.3, -0.25) is 4.79 Å². The van der Waals surface area contributed by atoms with Gasteiger partial charge in [0.15, 0.2) is 0 Å². The van der Waals surface area contributed by atoms with Gasteiger partial charge in [-0.15, -0.1) is 0 Å². The highest BCUT2D eigenvalue weighted by Gasteiger charge is 2.52. The molecule has 5 aliphatic rings. The van der Waals surface area contributed by atoms with Crippen LogP contribution in [0.4, 0.5) is 0 Å². The molecule has 0 spiro atoms. The van der Waals surface area contributed by atoms with E-state index in [0.717, 1.165) is 29.7 Å². The lowest BCUT2D eigenvalue weighted by atomic mass is 9.49. The van der Waals surface area contributed by atoms with Crippen molar-refractivity contribution in [3.05, 3.63) is 34.9 Å². The zero-order chi connectivity index (χ0) is 18.6. The van der Waals surface area contributed by atoms with Gasteiger partial charge in [0.05, 0.1) is 5.60 Å². The van der Waals surface area contributed by atoms with Gasteiger partial charge >= 0.3 is 0 Å². The number of hydrogen-bond acceptors (Lipinski definition) is 2. The first-order valence-corrected chi connectivity index (χ1v) is 11.1. The monoisotopic (exact) mass is 387 g/mol. The Bertz CT molecular complexity index is 685. The number of carbonyl (C=O) groups excluding carboxylic acids is 1. The van der Waals surface area contributed by atoms with E-state index in [1.165, 1.54) is 38.5 Å². The fourth-order valence-corrected chi connectivity index (χ4v) is 7.24. The topological polar surface area (TPSA) is 40.5 Å². The number of likely N-dealkylation sites (tertiary alicyclic amines) is 1. The van der Waals surface area contributed by atoms with Crippen LogP contribution in [-0.2, 0) is 10.4 Å². The number of nitrogens with zero attached hydrogens (tertiary/aromatic N) is 1. The average molecular weight is 388 g/mol. The van der Waals surface area contributed by atoms with Crippen LogP contribution in [0.25, 0.3) is 0 Å². The van der Waals surface area contributed by atoms with Crippen LogP contribution in [0.15, 0.2) is 24.3 Å². The predicted molar refractivity (Wildman–Crippen MR) is 106 cm³/mol. The van der Waals surface area contributed by atoms with E-state index < -0.39 is 5.60 Å². The van der Waals surface area contributed by atoms with Crippen molar-refractivity contribution in [2.75, 3.05) is 13.1 Å². The second-order valence-corrected chi connectivity index (χ2v) is 10.5. The zero-order valence-electron chi connectivity index (χ0n) is 16.0. The molecule has 1 aromatic carbocycles. The second kappa shape index (κ2) is 6.49. The minimum atomic E-state index is -0.831. The molecule has 4 saturated carbocycles. The Kier molecular flexibility index (Phi) is 4.32. The Morgan fingerprint density at radius 1 is 1.00 bits per heavy atom. The third kappa shape index (κ3) is 3.31. The van der Waals surface area contributed by atoms with Crippen LogP contribution in [0.2, 0.25) is 5.02 Å². The maximum Gasteiger partial charge on any atom is 0.223 e. The number of hydrogen-bond donors (Lipinski definition) is 1. The third-order valence-electron chi connectivity index (χ3n) is 8.02. The van der Waals surface area contributed by atoms with Gasteiger partial charge in [-0.1, -0.05) is 23.7 Å². The Morgan fingerprint density at radius 3 is 2.04 bits per heavy atom. The van der Waals surface area contributed by atoms with E-state index in [0.29, 0.717) is 42.3 Å². The minimum absolute atomic E-state index is 0.301. The van der Waals surface area contributed by atoms with Crippen molar-refractivity contribution < 1.29 is 9.90 Å². The Morgan fingerprint density at radius 2 is 1.52 bits per heavy atom. The summed E-state index contributed by atoms with van der Waals surface area (Å²) in [5, 5.41) is 11.7. The molecule has 4 bridgehead atoms. The number of aliphatic hydroxyl groups is 1. The van der Waals surface area contributed by atoms with Crippen LogP contribution < -0.4 is 0 Å². The minimum Gasteiger partial charge on any atom is -0.385 e. The van der Waals surface area contributed by atoms with E-state index in [1.807, 2.05) is 29.2 Å². The van der Waals surface area contributed by atoms with Crippen LogP contribution in [-0.4, -0.2) is 29.0 Å². The van der Waals surface area contributed by atoms with Crippen LogP contribution in [0.5, 0.6) is 0 Å². The highest BCUT2D eigenvalue weighted by molar-refractivity contribution is 6.30. The molecule has 1 heterocycles. The molecule has 1 aromatic rings. The van der Waals surface area contributed by atoms with Gasteiger partial charge in [0.1, 0.15) is 0 Å². The van der Waals surface area contributed by atoms with E-state index >= 15 is 0 Å². The summed E-state index contributed by atoms with van der Waals surface area (Å²) in [7, 11) is 0. The lowest BCUT2D eigenvalue weighted by Gasteiger charge is -2.57. The molecule has 3 nitrogen and oxygen atoms in total. The van der Waals surface area contributed by atoms with Crippen molar-refractivity contribution in [1.82, 2.24) is 4.90 Å². The molecule has 1 amide bonds. The number of benzene rings is 1. The maximum absolute atomic E-state index is 13.1. The summed E-state index contributed by atoms with van der Waals surface area (Å²) in [6, 6.07) is 7.49. The summed E-state index contributed by atoms with van der Waals surface area (Å²) < 4.78 is 0. The average Bonchev–Trinajstić information content (AvgIpc) is 2.61. The smallest absolute Gasteiger partial charge is 0.223 e. The summed E-state index contributed by atoms with van der Waals surface area (Å²) in [4.78, 5) is 15.1. The van der Waals surface area contributed by atoms with Crippen LogP contribution in [0.3, 0.4) is 0 Å². The molecule has 1 aliphatic heterocycles. The van der Waals surface area contributed by atoms with Gasteiger partial charge in [-0.05, 0) is 92.2 Å². The Hall–Kier alpha value is -1.06. The molecule has 27 heavy (non-hydrogen) atoms. The first kappa shape index (κ1) is 18.0. The van der Waals surface area contributed by atoms with Crippen molar-refractivity contribution in [2.45, 2.75) is 63.4 Å². The Labute approximate surface area is 167 Å². The third-order valence-corrected chi connectivity index (χ3v) is 8.27. The molecule has 0 atom stereocenters. The standard InChI is InChI=1S/C23H30ClNO2/c24-20-3-1-19(2-4-20)23(27)5-7-25(8-6-23)21(26)15-22-12-16-9-17(13-22)11-18(10-16)14-22/h1-4,16-18,27H,5-15H2. The van der Waals surface area contributed by atoms with E-state index in [-0.39, 0.29) is 0 Å². The summed E-state index contributed by atoms with van der Waals surface area (Å²) in [6.45, 7) is 1.31. The number of piperidine rings is 1. The van der Waals surface area contributed by atoms with E-state index in [4.69, 9.17) is 11.6 Å². The normalized spacial score (nSPS) is 36.8. The zero-order valence-corrected chi connectivity index (χ0v) is 16.8. The van der Waals surface area contributed by atoms with Crippen molar-refractivity contribution in [2.24, 2.45) is 23.2 Å². The molecule has 1 N–H and O–H groups in total.